The number of esters is 1. The molecule has 0 bridgehead atoms. The van der Waals surface area contributed by atoms with E-state index in [1.165, 1.54) is 7.11 Å². The van der Waals surface area contributed by atoms with Gasteiger partial charge in [-0.25, -0.2) is 0 Å². The summed E-state index contributed by atoms with van der Waals surface area (Å²) in [7, 11) is 1.40. The molecule has 1 aliphatic rings. The van der Waals surface area contributed by atoms with E-state index in [-0.39, 0.29) is 5.97 Å². The third-order valence-corrected chi connectivity index (χ3v) is 2.82. The molecule has 0 aliphatic carbocycles. The smallest absolute Gasteiger partial charge is 0.315 e. The summed E-state index contributed by atoms with van der Waals surface area (Å²) in [5.41, 5.74) is 0. The molecule has 0 radical (unpaired) electrons. The monoisotopic (exact) mass is 231 g/mol. The van der Waals surface area contributed by atoms with Crippen LogP contribution in [-0.2, 0) is 9.53 Å². The first-order chi connectivity index (χ1) is 7.33. The lowest BCUT2D eigenvalue weighted by Crippen LogP contribution is -2.41. The molecule has 0 amide bonds. The van der Waals surface area contributed by atoms with Gasteiger partial charge >= 0.3 is 5.97 Å². The highest BCUT2D eigenvalue weighted by Gasteiger charge is 2.03. The van der Waals surface area contributed by atoms with Gasteiger partial charge in [0.25, 0.3) is 0 Å². The Balaban J connectivity index is 1.96. The molecule has 0 saturated heterocycles. The van der Waals surface area contributed by atoms with Gasteiger partial charge in [-0.15, -0.1) is 11.8 Å². The number of hydrogen-bond acceptors (Lipinski definition) is 6. The first-order valence-electron chi connectivity index (χ1n) is 4.99. The van der Waals surface area contributed by atoms with Crippen molar-refractivity contribution in [1.29, 1.82) is 0 Å². The predicted octanol–water partition coefficient (Wildman–Crippen LogP) is -0.168. The van der Waals surface area contributed by atoms with Crippen LogP contribution in [-0.4, -0.2) is 50.2 Å². The van der Waals surface area contributed by atoms with E-state index in [1.807, 2.05) is 0 Å². The van der Waals surface area contributed by atoms with Crippen LogP contribution in [0.1, 0.15) is 6.42 Å². The molecule has 0 saturated carbocycles. The zero-order chi connectivity index (χ0) is 10.9. The summed E-state index contributed by atoms with van der Waals surface area (Å²) in [5, 5.41) is 6.35. The molecule has 2 N–H and O–H groups in total. The maximum Gasteiger partial charge on any atom is 0.315 e. The molecule has 6 heteroatoms. The van der Waals surface area contributed by atoms with Crippen molar-refractivity contribution in [1.82, 2.24) is 10.6 Å². The number of nitrogens with one attached hydrogen (secondary N) is 2. The largest absolute Gasteiger partial charge is 0.468 e. The fraction of sp³-hybridized carbons (Fsp3) is 0.778. The van der Waals surface area contributed by atoms with Crippen LogP contribution in [0.5, 0.6) is 0 Å². The Labute approximate surface area is 94.0 Å². The number of aliphatic imine (C=N–C) groups is 1. The number of rotatable bonds is 5. The van der Waals surface area contributed by atoms with Crippen LogP contribution >= 0.6 is 11.8 Å². The Morgan fingerprint density at radius 2 is 2.60 bits per heavy atom. The minimum absolute atomic E-state index is 0.173. The highest BCUT2D eigenvalue weighted by Crippen LogP contribution is 1.98. The number of nitrogens with zero attached hydrogens (tertiary/aromatic N) is 1. The van der Waals surface area contributed by atoms with Crippen molar-refractivity contribution in [2.45, 2.75) is 6.42 Å². The van der Waals surface area contributed by atoms with E-state index in [2.05, 4.69) is 20.4 Å². The summed E-state index contributed by atoms with van der Waals surface area (Å²) in [4.78, 5) is 15.0. The van der Waals surface area contributed by atoms with Gasteiger partial charge in [-0.2, -0.15) is 0 Å². The highest BCUT2D eigenvalue weighted by atomic mass is 32.2. The van der Waals surface area contributed by atoms with Gasteiger partial charge in [0, 0.05) is 25.4 Å². The zero-order valence-electron chi connectivity index (χ0n) is 8.91. The molecule has 15 heavy (non-hydrogen) atoms. The van der Waals surface area contributed by atoms with Gasteiger partial charge in [0.1, 0.15) is 0 Å². The van der Waals surface area contributed by atoms with E-state index < -0.39 is 0 Å². The van der Waals surface area contributed by atoms with Crippen LogP contribution < -0.4 is 10.6 Å². The van der Waals surface area contributed by atoms with Crippen LogP contribution in [0.15, 0.2) is 4.99 Å². The summed E-state index contributed by atoms with van der Waals surface area (Å²) in [5.74, 6) is 1.99. The highest BCUT2D eigenvalue weighted by molar-refractivity contribution is 7.99. The van der Waals surface area contributed by atoms with Gasteiger partial charge in [0.2, 0.25) is 0 Å². The molecule has 0 aromatic rings. The van der Waals surface area contributed by atoms with Gasteiger partial charge in [0.05, 0.1) is 12.9 Å². The van der Waals surface area contributed by atoms with Crippen LogP contribution in [0.3, 0.4) is 0 Å². The number of hydrogen-bond donors (Lipinski definition) is 2. The van der Waals surface area contributed by atoms with Crippen molar-refractivity contribution >= 4 is 23.7 Å². The zero-order valence-corrected chi connectivity index (χ0v) is 9.73. The first kappa shape index (κ1) is 12.2. The average molecular weight is 231 g/mol. The van der Waals surface area contributed by atoms with Crippen molar-refractivity contribution < 1.29 is 9.53 Å². The lowest BCUT2D eigenvalue weighted by atomic mass is 10.4. The quantitative estimate of drug-likeness (QED) is 0.508. The SMILES string of the molecule is COC(=O)CSCCNC1=NCCCN1. The van der Waals surface area contributed by atoms with Crippen molar-refractivity contribution in [2.75, 3.05) is 38.2 Å². The fourth-order valence-corrected chi connectivity index (χ4v) is 1.78. The van der Waals surface area contributed by atoms with E-state index in [1.54, 1.807) is 11.8 Å². The molecule has 0 spiro atoms. The standard InChI is InChI=1S/C9H17N3O2S/c1-14-8(13)7-15-6-5-12-9-10-3-2-4-11-9/h2-7H2,1H3,(H2,10,11,12). The summed E-state index contributed by atoms with van der Waals surface area (Å²) >= 11 is 1.55. The number of carbonyl (C=O) groups is 1. The third-order valence-electron chi connectivity index (χ3n) is 1.88. The van der Waals surface area contributed by atoms with E-state index in [0.29, 0.717) is 5.75 Å². The van der Waals surface area contributed by atoms with Gasteiger partial charge < -0.3 is 15.4 Å². The fourth-order valence-electron chi connectivity index (χ4n) is 1.11. The van der Waals surface area contributed by atoms with Crippen LogP contribution in [0.2, 0.25) is 0 Å². The molecule has 5 nitrogen and oxygen atoms in total. The maximum atomic E-state index is 10.8. The lowest BCUT2D eigenvalue weighted by Gasteiger charge is -2.15. The van der Waals surface area contributed by atoms with Gasteiger partial charge in [-0.1, -0.05) is 0 Å². The second kappa shape index (κ2) is 7.39. The summed E-state index contributed by atoms with van der Waals surface area (Å²) in [6.07, 6.45) is 1.10. The summed E-state index contributed by atoms with van der Waals surface area (Å²) in [6.45, 7) is 2.69. The summed E-state index contributed by atoms with van der Waals surface area (Å²) < 4.78 is 4.53. The minimum atomic E-state index is -0.173. The number of carbonyl (C=O) groups excluding carboxylic acids is 1. The number of ether oxygens (including phenoxy) is 1. The normalized spacial score (nSPS) is 15.1. The molecule has 1 heterocycles. The molecule has 0 atom stereocenters. The second-order valence-electron chi connectivity index (χ2n) is 3.07. The molecule has 0 aromatic heterocycles. The maximum absolute atomic E-state index is 10.8. The Bertz CT molecular complexity index is 233. The van der Waals surface area contributed by atoms with Gasteiger partial charge in [0.15, 0.2) is 5.96 Å². The topological polar surface area (TPSA) is 62.7 Å². The number of thioether (sulfide) groups is 1. The minimum Gasteiger partial charge on any atom is -0.468 e. The molecule has 1 aliphatic heterocycles. The van der Waals surface area contributed by atoms with Crippen LogP contribution in [0, 0.1) is 0 Å². The van der Waals surface area contributed by atoms with Crippen molar-refractivity contribution in [3.63, 3.8) is 0 Å². The Hall–Kier alpha value is -0.910. The van der Waals surface area contributed by atoms with E-state index in [0.717, 1.165) is 37.8 Å². The molecular formula is C9H17N3O2S. The Kier molecular flexibility index (Phi) is 5.99. The van der Waals surface area contributed by atoms with Crippen molar-refractivity contribution in [2.24, 2.45) is 4.99 Å². The van der Waals surface area contributed by atoms with Crippen LogP contribution in [0.4, 0.5) is 0 Å². The molecular weight excluding hydrogens is 214 g/mol. The average Bonchev–Trinajstić information content (AvgIpc) is 2.29. The molecule has 86 valence electrons. The van der Waals surface area contributed by atoms with E-state index in [9.17, 15) is 4.79 Å². The predicted molar refractivity (Wildman–Crippen MR) is 62.3 cm³/mol. The molecule has 1 rings (SSSR count). The van der Waals surface area contributed by atoms with Gasteiger partial charge in [-0.3, -0.25) is 9.79 Å². The lowest BCUT2D eigenvalue weighted by molar-refractivity contribution is -0.137. The first-order valence-corrected chi connectivity index (χ1v) is 6.15. The van der Waals surface area contributed by atoms with Gasteiger partial charge in [-0.05, 0) is 6.42 Å². The number of guanidine groups is 1. The van der Waals surface area contributed by atoms with Crippen molar-refractivity contribution in [3.05, 3.63) is 0 Å². The Morgan fingerprint density at radius 3 is 3.27 bits per heavy atom. The molecule has 0 aromatic carbocycles. The second-order valence-corrected chi connectivity index (χ2v) is 4.17. The summed E-state index contributed by atoms with van der Waals surface area (Å²) in [6, 6.07) is 0. The van der Waals surface area contributed by atoms with Crippen molar-refractivity contribution in [3.8, 4) is 0 Å². The van der Waals surface area contributed by atoms with Crippen LogP contribution in [0.25, 0.3) is 0 Å². The molecule has 0 fully saturated rings. The molecule has 0 unspecified atom stereocenters. The number of methoxy groups -OCH3 is 1. The third kappa shape index (κ3) is 5.51. The van der Waals surface area contributed by atoms with E-state index >= 15 is 0 Å². The Morgan fingerprint density at radius 1 is 1.73 bits per heavy atom. The van der Waals surface area contributed by atoms with E-state index in [4.69, 9.17) is 0 Å².